The lowest BCUT2D eigenvalue weighted by Gasteiger charge is -2.10. The highest BCUT2D eigenvalue weighted by Gasteiger charge is 2.23. The molecule has 0 radical (unpaired) electrons. The molecule has 0 bridgehead atoms. The first-order chi connectivity index (χ1) is 8.70. The molecule has 98 valence electrons. The van der Waals surface area contributed by atoms with Crippen molar-refractivity contribution in [3.05, 3.63) is 29.8 Å². The summed E-state index contributed by atoms with van der Waals surface area (Å²) in [5.41, 5.74) is 6.43. The van der Waals surface area contributed by atoms with Crippen LogP contribution in [-0.4, -0.2) is 31.6 Å². The first-order valence-electron chi connectivity index (χ1n) is 6.26. The van der Waals surface area contributed by atoms with Gasteiger partial charge < -0.3 is 15.2 Å². The zero-order valence-electron chi connectivity index (χ0n) is 10.6. The molecule has 1 saturated carbocycles. The summed E-state index contributed by atoms with van der Waals surface area (Å²) in [5, 5.41) is 0. The first kappa shape index (κ1) is 13.1. The molecule has 4 heteroatoms. The topological polar surface area (TPSA) is 61.5 Å². The SMILES string of the molecule is COCCC(N)C(=O)c1ccc(OC2CC2)cc1. The number of rotatable bonds is 7. The molecule has 1 fully saturated rings. The molecule has 0 amide bonds. The third-order valence-electron chi connectivity index (χ3n) is 2.94. The number of nitrogens with two attached hydrogens (primary N) is 1. The van der Waals surface area contributed by atoms with Gasteiger partial charge in [0.2, 0.25) is 0 Å². The van der Waals surface area contributed by atoms with E-state index in [1.165, 1.54) is 0 Å². The summed E-state index contributed by atoms with van der Waals surface area (Å²) in [5.74, 6) is 0.768. The van der Waals surface area contributed by atoms with Crippen molar-refractivity contribution in [2.75, 3.05) is 13.7 Å². The van der Waals surface area contributed by atoms with E-state index in [1.54, 1.807) is 19.2 Å². The van der Waals surface area contributed by atoms with Crippen LogP contribution in [0.25, 0.3) is 0 Å². The summed E-state index contributed by atoms with van der Waals surface area (Å²) in [6.07, 6.45) is 3.16. The molecule has 0 spiro atoms. The van der Waals surface area contributed by atoms with E-state index in [-0.39, 0.29) is 5.78 Å². The van der Waals surface area contributed by atoms with Crippen molar-refractivity contribution in [1.29, 1.82) is 0 Å². The molecule has 1 unspecified atom stereocenters. The molecule has 0 aromatic heterocycles. The van der Waals surface area contributed by atoms with E-state index >= 15 is 0 Å². The molecule has 1 aliphatic rings. The van der Waals surface area contributed by atoms with Crippen LogP contribution in [-0.2, 0) is 4.74 Å². The van der Waals surface area contributed by atoms with Crippen molar-refractivity contribution in [3.8, 4) is 5.75 Å². The molecule has 1 aromatic carbocycles. The molecule has 2 rings (SSSR count). The van der Waals surface area contributed by atoms with Crippen molar-refractivity contribution in [2.45, 2.75) is 31.4 Å². The molecule has 0 heterocycles. The summed E-state index contributed by atoms with van der Waals surface area (Å²) in [6, 6.07) is 6.70. The van der Waals surface area contributed by atoms with Gasteiger partial charge in [-0.2, -0.15) is 0 Å². The van der Waals surface area contributed by atoms with E-state index in [1.807, 2.05) is 12.1 Å². The van der Waals surface area contributed by atoms with Crippen LogP contribution in [0.5, 0.6) is 5.75 Å². The van der Waals surface area contributed by atoms with E-state index in [9.17, 15) is 4.79 Å². The van der Waals surface area contributed by atoms with Crippen molar-refractivity contribution in [1.82, 2.24) is 0 Å². The highest BCUT2D eigenvalue weighted by atomic mass is 16.5. The second-order valence-electron chi connectivity index (χ2n) is 4.59. The van der Waals surface area contributed by atoms with E-state index in [4.69, 9.17) is 15.2 Å². The zero-order valence-corrected chi connectivity index (χ0v) is 10.6. The third-order valence-corrected chi connectivity index (χ3v) is 2.94. The molecule has 1 aromatic rings. The van der Waals surface area contributed by atoms with Gasteiger partial charge in [0.05, 0.1) is 12.1 Å². The number of ether oxygens (including phenoxy) is 2. The average Bonchev–Trinajstić information content (AvgIpc) is 3.20. The van der Waals surface area contributed by atoms with Crippen LogP contribution in [0.2, 0.25) is 0 Å². The summed E-state index contributed by atoms with van der Waals surface area (Å²) in [6.45, 7) is 0.496. The quantitative estimate of drug-likeness (QED) is 0.748. The molecule has 1 aliphatic carbocycles. The first-order valence-corrected chi connectivity index (χ1v) is 6.26. The van der Waals surface area contributed by atoms with Crippen LogP contribution in [0, 0.1) is 0 Å². The van der Waals surface area contributed by atoms with Gasteiger partial charge in [0.1, 0.15) is 5.75 Å². The number of benzene rings is 1. The Balaban J connectivity index is 1.92. The minimum absolute atomic E-state index is 0.0509. The van der Waals surface area contributed by atoms with E-state index in [0.717, 1.165) is 18.6 Å². The average molecular weight is 249 g/mol. The molecule has 1 atom stereocenters. The Kier molecular flexibility index (Phi) is 4.33. The smallest absolute Gasteiger partial charge is 0.179 e. The number of methoxy groups -OCH3 is 1. The lowest BCUT2D eigenvalue weighted by atomic mass is 10.0. The molecule has 2 N–H and O–H groups in total. The maximum absolute atomic E-state index is 12.0. The van der Waals surface area contributed by atoms with Gasteiger partial charge in [-0.1, -0.05) is 0 Å². The highest BCUT2D eigenvalue weighted by molar-refractivity contribution is 6.00. The molecule has 0 aliphatic heterocycles. The standard InChI is InChI=1S/C14H19NO3/c1-17-9-8-13(15)14(16)10-2-4-11(5-3-10)18-12-6-7-12/h2-5,12-13H,6-9,15H2,1H3. The fourth-order valence-corrected chi connectivity index (χ4v) is 1.67. The largest absolute Gasteiger partial charge is 0.490 e. The van der Waals surface area contributed by atoms with Gasteiger partial charge >= 0.3 is 0 Å². The minimum atomic E-state index is -0.500. The highest BCUT2D eigenvalue weighted by Crippen LogP contribution is 2.26. The van der Waals surface area contributed by atoms with E-state index < -0.39 is 6.04 Å². The Morgan fingerprint density at radius 3 is 2.61 bits per heavy atom. The molecule has 18 heavy (non-hydrogen) atoms. The molecular weight excluding hydrogens is 230 g/mol. The number of ketones is 1. The summed E-state index contributed by atoms with van der Waals surface area (Å²) < 4.78 is 10.5. The summed E-state index contributed by atoms with van der Waals surface area (Å²) >= 11 is 0. The predicted molar refractivity (Wildman–Crippen MR) is 68.9 cm³/mol. The Bertz CT molecular complexity index is 398. The Hall–Kier alpha value is -1.39. The van der Waals surface area contributed by atoms with E-state index in [2.05, 4.69) is 0 Å². The number of carbonyl (C=O) groups is 1. The molecule has 4 nitrogen and oxygen atoms in total. The van der Waals surface area contributed by atoms with E-state index in [0.29, 0.717) is 24.7 Å². The van der Waals surface area contributed by atoms with Crippen LogP contribution in [0.15, 0.2) is 24.3 Å². The molecular formula is C14H19NO3. The summed E-state index contributed by atoms with van der Waals surface area (Å²) in [4.78, 5) is 12.0. The normalized spacial score (nSPS) is 16.3. The van der Waals surface area contributed by atoms with Gasteiger partial charge in [0.15, 0.2) is 5.78 Å². The van der Waals surface area contributed by atoms with Crippen molar-refractivity contribution in [2.24, 2.45) is 5.73 Å². The molecule has 0 saturated heterocycles. The predicted octanol–water partition coefficient (Wildman–Crippen LogP) is 1.77. The Morgan fingerprint density at radius 2 is 2.06 bits per heavy atom. The lowest BCUT2D eigenvalue weighted by Crippen LogP contribution is -2.31. The second kappa shape index (κ2) is 5.98. The Morgan fingerprint density at radius 1 is 1.39 bits per heavy atom. The van der Waals surface area contributed by atoms with Crippen molar-refractivity contribution >= 4 is 5.78 Å². The maximum Gasteiger partial charge on any atom is 0.179 e. The van der Waals surface area contributed by atoms with Gasteiger partial charge in [0, 0.05) is 19.3 Å². The zero-order chi connectivity index (χ0) is 13.0. The van der Waals surface area contributed by atoms with Gasteiger partial charge in [-0.3, -0.25) is 4.79 Å². The van der Waals surface area contributed by atoms with Crippen LogP contribution in [0.4, 0.5) is 0 Å². The van der Waals surface area contributed by atoms with Gasteiger partial charge in [-0.15, -0.1) is 0 Å². The Labute approximate surface area is 107 Å². The van der Waals surface area contributed by atoms with Crippen molar-refractivity contribution in [3.63, 3.8) is 0 Å². The van der Waals surface area contributed by atoms with Gasteiger partial charge in [0.25, 0.3) is 0 Å². The van der Waals surface area contributed by atoms with Gasteiger partial charge in [-0.25, -0.2) is 0 Å². The lowest BCUT2D eigenvalue weighted by molar-refractivity contribution is 0.0935. The monoisotopic (exact) mass is 249 g/mol. The van der Waals surface area contributed by atoms with Crippen molar-refractivity contribution < 1.29 is 14.3 Å². The fourth-order valence-electron chi connectivity index (χ4n) is 1.67. The number of Topliss-reactive ketones (excluding diaryl/α,β-unsaturated/α-hetero) is 1. The van der Waals surface area contributed by atoms with Crippen LogP contribution in [0.3, 0.4) is 0 Å². The van der Waals surface area contributed by atoms with Gasteiger partial charge in [-0.05, 0) is 43.5 Å². The second-order valence-corrected chi connectivity index (χ2v) is 4.59. The minimum Gasteiger partial charge on any atom is -0.490 e. The fraction of sp³-hybridized carbons (Fsp3) is 0.500. The van der Waals surface area contributed by atoms with Crippen LogP contribution < -0.4 is 10.5 Å². The maximum atomic E-state index is 12.0. The number of hydrogen-bond acceptors (Lipinski definition) is 4. The third kappa shape index (κ3) is 3.55. The van der Waals surface area contributed by atoms with Crippen LogP contribution >= 0.6 is 0 Å². The number of hydrogen-bond donors (Lipinski definition) is 1. The van der Waals surface area contributed by atoms with Crippen LogP contribution in [0.1, 0.15) is 29.6 Å². The number of carbonyl (C=O) groups excluding carboxylic acids is 1. The summed E-state index contributed by atoms with van der Waals surface area (Å²) in [7, 11) is 1.60.